The molecule has 23 heavy (non-hydrogen) atoms. The monoisotopic (exact) mass is 348 g/mol. The highest BCUT2D eigenvalue weighted by Gasteiger charge is 2.03. The molecule has 2 rings (SSSR count). The van der Waals surface area contributed by atoms with Gasteiger partial charge in [0, 0.05) is 39.9 Å². The molecule has 4 nitrogen and oxygen atoms in total. The summed E-state index contributed by atoms with van der Waals surface area (Å²) in [5, 5.41) is 5.60. The van der Waals surface area contributed by atoms with E-state index in [0.29, 0.717) is 12.2 Å². The summed E-state index contributed by atoms with van der Waals surface area (Å²) < 4.78 is 11.3. The van der Waals surface area contributed by atoms with Crippen LogP contribution >= 0.6 is 11.8 Å². The van der Waals surface area contributed by atoms with Crippen molar-refractivity contribution in [2.45, 2.75) is 17.2 Å². The maximum absolute atomic E-state index is 11.9. The van der Waals surface area contributed by atoms with Gasteiger partial charge in [-0.2, -0.15) is 11.8 Å². The Morgan fingerprint density at radius 3 is 2.48 bits per heavy atom. The normalized spacial score (nSPS) is 11.7. The topological polar surface area (TPSA) is 58.2 Å². The number of carbonyl (C=O) groups excluding carboxylic acids is 1. The first-order chi connectivity index (χ1) is 11.1. The predicted molar refractivity (Wildman–Crippen MR) is 98.3 cm³/mol. The van der Waals surface area contributed by atoms with E-state index in [2.05, 4.69) is 29.0 Å². The largest absolute Gasteiger partial charge is 0.334 e. The molecule has 0 bridgehead atoms. The standard InChI is InChI=1S/C17H20N2O2S2/c1-22-12-14-5-3-4-13(10-14)11-18-17(20)19-15-6-8-16(9-7-15)23(2)21/h3-10H,11-12H2,1-2H3,(H2,18,19,20). The summed E-state index contributed by atoms with van der Waals surface area (Å²) in [6, 6.07) is 14.9. The molecule has 2 aromatic carbocycles. The minimum atomic E-state index is -1.01. The minimum Gasteiger partial charge on any atom is -0.334 e. The molecule has 0 heterocycles. The van der Waals surface area contributed by atoms with Crippen LogP contribution in [0.5, 0.6) is 0 Å². The maximum atomic E-state index is 11.9. The van der Waals surface area contributed by atoms with Crippen molar-refractivity contribution in [3.05, 3.63) is 59.7 Å². The van der Waals surface area contributed by atoms with Crippen molar-refractivity contribution in [3.63, 3.8) is 0 Å². The first-order valence-corrected chi connectivity index (χ1v) is 10.1. The number of amides is 2. The Bertz CT molecular complexity index is 687. The van der Waals surface area contributed by atoms with Gasteiger partial charge in [0.05, 0.1) is 0 Å². The first kappa shape index (κ1) is 17.6. The molecule has 122 valence electrons. The molecule has 1 unspecified atom stereocenters. The summed E-state index contributed by atoms with van der Waals surface area (Å²) in [5.74, 6) is 0.963. The molecule has 0 radical (unpaired) electrons. The van der Waals surface area contributed by atoms with Gasteiger partial charge in [0.2, 0.25) is 0 Å². The number of rotatable bonds is 6. The van der Waals surface area contributed by atoms with Gasteiger partial charge in [-0.25, -0.2) is 4.79 Å². The SMILES string of the molecule is CSCc1cccc(CNC(=O)Nc2ccc(S(C)=O)cc2)c1. The van der Waals surface area contributed by atoms with Crippen molar-refractivity contribution in [1.82, 2.24) is 5.32 Å². The van der Waals surface area contributed by atoms with Gasteiger partial charge in [-0.3, -0.25) is 4.21 Å². The summed E-state index contributed by atoms with van der Waals surface area (Å²) in [7, 11) is -1.01. The zero-order valence-electron chi connectivity index (χ0n) is 13.2. The number of benzene rings is 2. The third-order valence-corrected chi connectivity index (χ3v) is 4.76. The summed E-state index contributed by atoms with van der Waals surface area (Å²) >= 11 is 1.77. The van der Waals surface area contributed by atoms with E-state index in [-0.39, 0.29) is 6.03 Å². The van der Waals surface area contributed by atoms with Crippen LogP contribution in [0.25, 0.3) is 0 Å². The third-order valence-electron chi connectivity index (χ3n) is 3.20. The second-order valence-electron chi connectivity index (χ2n) is 5.04. The Morgan fingerprint density at radius 2 is 1.83 bits per heavy atom. The summed E-state index contributed by atoms with van der Waals surface area (Å²) in [4.78, 5) is 12.7. The Hall–Kier alpha value is -1.79. The average molecular weight is 348 g/mol. The van der Waals surface area contributed by atoms with E-state index in [4.69, 9.17) is 0 Å². The van der Waals surface area contributed by atoms with Crippen LogP contribution in [0.2, 0.25) is 0 Å². The Kier molecular flexibility index (Phi) is 6.67. The number of hydrogen-bond acceptors (Lipinski definition) is 3. The van der Waals surface area contributed by atoms with E-state index in [1.165, 1.54) is 5.56 Å². The van der Waals surface area contributed by atoms with Crippen molar-refractivity contribution in [2.24, 2.45) is 0 Å². The summed E-state index contributed by atoms with van der Waals surface area (Å²) in [6.07, 6.45) is 3.69. The molecule has 2 amide bonds. The van der Waals surface area contributed by atoms with Gasteiger partial charge < -0.3 is 10.6 Å². The fraction of sp³-hybridized carbons (Fsp3) is 0.235. The number of nitrogens with one attached hydrogen (secondary N) is 2. The van der Waals surface area contributed by atoms with Crippen LogP contribution < -0.4 is 10.6 Å². The van der Waals surface area contributed by atoms with Crippen LogP contribution in [0.3, 0.4) is 0 Å². The highest BCUT2D eigenvalue weighted by atomic mass is 32.2. The lowest BCUT2D eigenvalue weighted by atomic mass is 10.1. The molecule has 0 aromatic heterocycles. The van der Waals surface area contributed by atoms with E-state index in [1.807, 2.05) is 12.1 Å². The summed E-state index contributed by atoms with van der Waals surface area (Å²) in [5.41, 5.74) is 3.00. The molecular weight excluding hydrogens is 328 g/mol. The number of urea groups is 1. The lowest BCUT2D eigenvalue weighted by Crippen LogP contribution is -2.28. The Labute approximate surface area is 143 Å². The van der Waals surface area contributed by atoms with E-state index in [0.717, 1.165) is 16.2 Å². The Morgan fingerprint density at radius 1 is 1.13 bits per heavy atom. The van der Waals surface area contributed by atoms with Gasteiger partial charge in [-0.1, -0.05) is 24.3 Å². The average Bonchev–Trinajstić information content (AvgIpc) is 2.54. The molecule has 0 aliphatic rings. The van der Waals surface area contributed by atoms with Crippen LogP contribution in [0.4, 0.5) is 10.5 Å². The van der Waals surface area contributed by atoms with Gasteiger partial charge in [-0.05, 0) is 41.6 Å². The van der Waals surface area contributed by atoms with Crippen LogP contribution in [0, 0.1) is 0 Å². The molecule has 0 fully saturated rings. The van der Waals surface area contributed by atoms with Gasteiger partial charge >= 0.3 is 6.03 Å². The number of hydrogen-bond donors (Lipinski definition) is 2. The maximum Gasteiger partial charge on any atom is 0.319 e. The van der Waals surface area contributed by atoms with Crippen LogP contribution in [-0.4, -0.2) is 22.8 Å². The molecule has 2 N–H and O–H groups in total. The van der Waals surface area contributed by atoms with Crippen molar-refractivity contribution >= 4 is 34.3 Å². The highest BCUT2D eigenvalue weighted by Crippen LogP contribution is 2.13. The molecular formula is C17H20N2O2S2. The first-order valence-electron chi connectivity index (χ1n) is 7.13. The highest BCUT2D eigenvalue weighted by molar-refractivity contribution is 7.97. The number of carbonyl (C=O) groups is 1. The molecule has 0 saturated heterocycles. The molecule has 0 spiro atoms. The van der Waals surface area contributed by atoms with Crippen LogP contribution in [0.15, 0.2) is 53.4 Å². The summed E-state index contributed by atoms with van der Waals surface area (Å²) in [6.45, 7) is 0.477. The van der Waals surface area contributed by atoms with Crippen molar-refractivity contribution < 1.29 is 9.00 Å². The molecule has 0 saturated carbocycles. The van der Waals surface area contributed by atoms with Gasteiger partial charge in [0.1, 0.15) is 0 Å². The molecule has 1 atom stereocenters. The smallest absolute Gasteiger partial charge is 0.319 e. The number of thioether (sulfide) groups is 1. The minimum absolute atomic E-state index is 0.259. The fourth-order valence-electron chi connectivity index (χ4n) is 2.08. The van der Waals surface area contributed by atoms with E-state index < -0.39 is 10.8 Å². The van der Waals surface area contributed by atoms with E-state index in [1.54, 1.807) is 42.3 Å². The third kappa shape index (κ3) is 5.73. The van der Waals surface area contributed by atoms with Gasteiger partial charge in [0.15, 0.2) is 0 Å². The zero-order chi connectivity index (χ0) is 16.7. The second kappa shape index (κ2) is 8.74. The van der Waals surface area contributed by atoms with Gasteiger partial charge in [-0.15, -0.1) is 0 Å². The van der Waals surface area contributed by atoms with E-state index >= 15 is 0 Å². The zero-order valence-corrected chi connectivity index (χ0v) is 14.8. The van der Waals surface area contributed by atoms with Crippen LogP contribution in [0.1, 0.15) is 11.1 Å². The number of anilines is 1. The molecule has 0 aliphatic heterocycles. The van der Waals surface area contributed by atoms with Crippen molar-refractivity contribution in [2.75, 3.05) is 17.8 Å². The van der Waals surface area contributed by atoms with Crippen molar-refractivity contribution in [3.8, 4) is 0 Å². The quantitative estimate of drug-likeness (QED) is 0.838. The van der Waals surface area contributed by atoms with Gasteiger partial charge in [0.25, 0.3) is 0 Å². The van der Waals surface area contributed by atoms with Crippen LogP contribution in [-0.2, 0) is 23.1 Å². The fourth-order valence-corrected chi connectivity index (χ4v) is 3.12. The lowest BCUT2D eigenvalue weighted by Gasteiger charge is -2.09. The lowest BCUT2D eigenvalue weighted by molar-refractivity contribution is 0.251. The Balaban J connectivity index is 1.87. The predicted octanol–water partition coefficient (Wildman–Crippen LogP) is 3.61. The molecule has 6 heteroatoms. The van der Waals surface area contributed by atoms with E-state index in [9.17, 15) is 9.00 Å². The molecule has 2 aromatic rings. The molecule has 0 aliphatic carbocycles. The second-order valence-corrected chi connectivity index (χ2v) is 7.28. The van der Waals surface area contributed by atoms with Crippen molar-refractivity contribution in [1.29, 1.82) is 0 Å².